The van der Waals surface area contributed by atoms with Gasteiger partial charge in [0.25, 0.3) is 0 Å². The van der Waals surface area contributed by atoms with Crippen LogP contribution >= 0.6 is 11.8 Å². The second kappa shape index (κ2) is 8.08. The maximum absolute atomic E-state index is 12.0. The van der Waals surface area contributed by atoms with Gasteiger partial charge in [0.1, 0.15) is 0 Å². The molecule has 0 radical (unpaired) electrons. The molecule has 0 aliphatic carbocycles. The molecule has 0 unspecified atom stereocenters. The number of thioether (sulfide) groups is 1. The van der Waals surface area contributed by atoms with E-state index in [1.807, 2.05) is 6.26 Å². The van der Waals surface area contributed by atoms with Crippen LogP contribution in [0.5, 0.6) is 5.88 Å². The minimum atomic E-state index is -4.42. The lowest BCUT2D eigenvalue weighted by atomic mass is 10.2. The van der Waals surface area contributed by atoms with E-state index in [2.05, 4.69) is 15.0 Å². The summed E-state index contributed by atoms with van der Waals surface area (Å²) in [5, 5.41) is 2.54. The first-order chi connectivity index (χ1) is 9.81. The molecule has 1 amide bonds. The summed E-state index contributed by atoms with van der Waals surface area (Å²) in [6, 6.07) is 2.01. The first-order valence-corrected chi connectivity index (χ1v) is 7.42. The maximum atomic E-state index is 12.0. The number of nitrogens with zero attached hydrogens (tertiary/aromatic N) is 1. The summed E-state index contributed by atoms with van der Waals surface area (Å²) in [6.45, 7) is -1.41. The minimum absolute atomic E-state index is 0.169. The van der Waals surface area contributed by atoms with Gasteiger partial charge in [0.15, 0.2) is 6.61 Å². The molecule has 1 rings (SSSR count). The van der Waals surface area contributed by atoms with Crippen molar-refractivity contribution >= 4 is 23.4 Å². The van der Waals surface area contributed by atoms with Gasteiger partial charge in [-0.05, 0) is 24.5 Å². The number of alkyl halides is 3. The first-order valence-electron chi connectivity index (χ1n) is 6.03. The van der Waals surface area contributed by atoms with Crippen LogP contribution in [0, 0.1) is 0 Å². The predicted octanol–water partition coefficient (Wildman–Crippen LogP) is 2.04. The highest BCUT2D eigenvalue weighted by Crippen LogP contribution is 2.18. The molecule has 0 saturated carbocycles. The number of rotatable bonds is 7. The third kappa shape index (κ3) is 7.19. The Bertz CT molecular complexity index is 454. The molecule has 118 valence electrons. The van der Waals surface area contributed by atoms with E-state index in [1.165, 1.54) is 18.3 Å². The largest absolute Gasteiger partial charge is 0.468 e. The Morgan fingerprint density at radius 1 is 1.52 bits per heavy atom. The van der Waals surface area contributed by atoms with E-state index in [-0.39, 0.29) is 11.8 Å². The van der Waals surface area contributed by atoms with Crippen molar-refractivity contribution < 1.29 is 22.7 Å². The molecule has 0 aromatic carbocycles. The monoisotopic (exact) mass is 323 g/mol. The quantitative estimate of drug-likeness (QED) is 0.803. The molecule has 0 aliphatic rings. The zero-order valence-corrected chi connectivity index (χ0v) is 12.1. The van der Waals surface area contributed by atoms with Crippen molar-refractivity contribution in [2.24, 2.45) is 5.73 Å². The van der Waals surface area contributed by atoms with Crippen LogP contribution in [0.25, 0.3) is 0 Å². The average molecular weight is 323 g/mol. The van der Waals surface area contributed by atoms with Crippen LogP contribution in [-0.4, -0.2) is 41.7 Å². The van der Waals surface area contributed by atoms with E-state index < -0.39 is 18.8 Å². The lowest BCUT2D eigenvalue weighted by Crippen LogP contribution is -2.36. The van der Waals surface area contributed by atoms with Gasteiger partial charge in [-0.25, -0.2) is 4.98 Å². The van der Waals surface area contributed by atoms with Gasteiger partial charge in [0, 0.05) is 6.07 Å². The van der Waals surface area contributed by atoms with Crippen molar-refractivity contribution in [2.45, 2.75) is 18.6 Å². The third-order valence-electron chi connectivity index (χ3n) is 2.36. The van der Waals surface area contributed by atoms with Crippen molar-refractivity contribution in [3.63, 3.8) is 0 Å². The zero-order valence-electron chi connectivity index (χ0n) is 11.3. The summed E-state index contributed by atoms with van der Waals surface area (Å²) in [6.07, 6.45) is -0.759. The van der Waals surface area contributed by atoms with Crippen LogP contribution in [-0.2, 0) is 4.79 Å². The van der Waals surface area contributed by atoms with Crippen LogP contribution < -0.4 is 15.8 Å². The van der Waals surface area contributed by atoms with Gasteiger partial charge in [-0.15, -0.1) is 0 Å². The van der Waals surface area contributed by atoms with E-state index in [1.54, 1.807) is 11.8 Å². The van der Waals surface area contributed by atoms with Crippen LogP contribution in [0.15, 0.2) is 18.3 Å². The molecule has 1 aromatic heterocycles. The third-order valence-corrected chi connectivity index (χ3v) is 3.00. The fourth-order valence-corrected chi connectivity index (χ4v) is 1.80. The molecular weight excluding hydrogens is 307 g/mol. The highest BCUT2D eigenvalue weighted by atomic mass is 32.2. The number of hydrogen-bond donors (Lipinski definition) is 2. The molecular formula is C12H16F3N3O2S. The van der Waals surface area contributed by atoms with Crippen molar-refractivity contribution in [3.8, 4) is 5.88 Å². The second-order valence-electron chi connectivity index (χ2n) is 4.17. The van der Waals surface area contributed by atoms with E-state index >= 15 is 0 Å². The summed E-state index contributed by atoms with van der Waals surface area (Å²) >= 11 is 1.58. The molecule has 3 N–H and O–H groups in total. The highest BCUT2D eigenvalue weighted by molar-refractivity contribution is 7.98. The number of carbonyl (C=O) groups excluding carboxylic acids is 1. The molecule has 0 spiro atoms. The van der Waals surface area contributed by atoms with Crippen molar-refractivity contribution in [2.75, 3.05) is 23.9 Å². The number of ether oxygens (including phenoxy) is 1. The number of halogens is 3. The fraction of sp³-hybridized carbons (Fsp3) is 0.500. The van der Waals surface area contributed by atoms with Gasteiger partial charge in [0.2, 0.25) is 11.8 Å². The predicted molar refractivity (Wildman–Crippen MR) is 75.4 cm³/mol. The number of nitrogens with two attached hydrogens (primary N) is 1. The van der Waals surface area contributed by atoms with E-state index in [0.29, 0.717) is 12.1 Å². The minimum Gasteiger partial charge on any atom is -0.468 e. The Balaban J connectivity index is 2.49. The zero-order chi connectivity index (χ0) is 15.9. The van der Waals surface area contributed by atoms with Gasteiger partial charge >= 0.3 is 6.18 Å². The van der Waals surface area contributed by atoms with E-state index in [0.717, 1.165) is 5.75 Å². The smallest absolute Gasteiger partial charge is 0.422 e. The fourth-order valence-electron chi connectivity index (χ4n) is 1.31. The van der Waals surface area contributed by atoms with E-state index in [4.69, 9.17) is 5.73 Å². The lowest BCUT2D eigenvalue weighted by Gasteiger charge is -2.12. The SMILES string of the molecule is CSCC[C@@H](N)C(=O)Nc1ccc(OCC(F)(F)F)nc1. The van der Waals surface area contributed by atoms with Crippen molar-refractivity contribution in [1.82, 2.24) is 4.98 Å². The van der Waals surface area contributed by atoms with Crippen molar-refractivity contribution in [1.29, 1.82) is 0 Å². The summed E-state index contributed by atoms with van der Waals surface area (Å²) in [7, 11) is 0. The van der Waals surface area contributed by atoms with Crippen LogP contribution in [0.2, 0.25) is 0 Å². The maximum Gasteiger partial charge on any atom is 0.422 e. The number of hydrogen-bond acceptors (Lipinski definition) is 5. The number of anilines is 1. The van der Waals surface area contributed by atoms with Gasteiger partial charge in [-0.2, -0.15) is 24.9 Å². The molecule has 0 aliphatic heterocycles. The number of amides is 1. The number of aromatic nitrogens is 1. The molecule has 1 aromatic rings. The van der Waals surface area contributed by atoms with E-state index in [9.17, 15) is 18.0 Å². The number of pyridine rings is 1. The van der Waals surface area contributed by atoms with Gasteiger partial charge in [0.05, 0.1) is 17.9 Å². The average Bonchev–Trinajstić information content (AvgIpc) is 2.43. The molecule has 0 fully saturated rings. The van der Waals surface area contributed by atoms with Gasteiger partial charge in [-0.3, -0.25) is 4.79 Å². The Hall–Kier alpha value is -1.48. The normalized spacial score (nSPS) is 12.8. The molecule has 5 nitrogen and oxygen atoms in total. The van der Waals surface area contributed by atoms with Crippen molar-refractivity contribution in [3.05, 3.63) is 18.3 Å². The molecule has 9 heteroatoms. The molecule has 1 heterocycles. The van der Waals surface area contributed by atoms with Crippen LogP contribution in [0.3, 0.4) is 0 Å². The van der Waals surface area contributed by atoms with Crippen LogP contribution in [0.4, 0.5) is 18.9 Å². The van der Waals surface area contributed by atoms with Crippen LogP contribution in [0.1, 0.15) is 6.42 Å². The topological polar surface area (TPSA) is 77.2 Å². The Labute approximate surface area is 124 Å². The standard InChI is InChI=1S/C12H16F3N3O2S/c1-21-5-4-9(16)11(19)18-8-2-3-10(17-6-8)20-7-12(13,14)15/h2-3,6,9H,4-5,7,16H2,1H3,(H,18,19)/t9-/m1/s1. The van der Waals surface area contributed by atoms with Gasteiger partial charge in [-0.1, -0.05) is 0 Å². The molecule has 0 saturated heterocycles. The van der Waals surface area contributed by atoms with Gasteiger partial charge < -0.3 is 15.8 Å². The highest BCUT2D eigenvalue weighted by Gasteiger charge is 2.28. The number of nitrogens with one attached hydrogen (secondary N) is 1. The Kier molecular flexibility index (Phi) is 6.76. The lowest BCUT2D eigenvalue weighted by molar-refractivity contribution is -0.154. The Morgan fingerprint density at radius 3 is 2.76 bits per heavy atom. The number of carbonyl (C=O) groups is 1. The summed E-state index contributed by atoms with van der Waals surface area (Å²) < 4.78 is 40.3. The molecule has 0 bridgehead atoms. The summed E-state index contributed by atoms with van der Waals surface area (Å²) in [5.41, 5.74) is 6.03. The Morgan fingerprint density at radius 2 is 2.24 bits per heavy atom. The summed E-state index contributed by atoms with van der Waals surface area (Å²) in [4.78, 5) is 15.4. The summed E-state index contributed by atoms with van der Waals surface area (Å²) in [5.74, 6) is 0.226. The second-order valence-corrected chi connectivity index (χ2v) is 5.15. The molecule has 1 atom stereocenters. The molecule has 21 heavy (non-hydrogen) atoms. The first kappa shape index (κ1) is 17.6.